The average molecular weight is 369 g/mol. The van der Waals surface area contributed by atoms with Gasteiger partial charge in [-0.2, -0.15) is 0 Å². The molecule has 1 aromatic rings. The highest BCUT2D eigenvalue weighted by Gasteiger charge is 2.46. The van der Waals surface area contributed by atoms with E-state index in [0.29, 0.717) is 16.1 Å². The molecule has 24 heavy (non-hydrogen) atoms. The zero-order valence-electron chi connectivity index (χ0n) is 14.1. The molecular weight excluding hydrogens is 347 g/mol. The summed E-state index contributed by atoms with van der Waals surface area (Å²) >= 11 is 12.3. The topological polar surface area (TPSA) is 45.1 Å². The lowest BCUT2D eigenvalue weighted by Gasteiger charge is -2.36. The van der Waals surface area contributed by atoms with Gasteiger partial charge in [0.2, 0.25) is 0 Å². The number of hydrogen-bond acceptors (Lipinski definition) is 4. The lowest BCUT2D eigenvalue weighted by atomic mass is 9.85. The van der Waals surface area contributed by atoms with Gasteiger partial charge < -0.3 is 9.94 Å². The Morgan fingerprint density at radius 2 is 2.12 bits per heavy atom. The molecule has 0 radical (unpaired) electrons. The van der Waals surface area contributed by atoms with Gasteiger partial charge in [0.15, 0.2) is 0 Å². The maximum atomic E-state index is 10.6. The first-order valence-corrected chi connectivity index (χ1v) is 8.92. The van der Waals surface area contributed by atoms with Crippen LogP contribution < -0.4 is 0 Å². The van der Waals surface area contributed by atoms with Crippen LogP contribution in [0.25, 0.3) is 5.57 Å². The molecule has 1 N–H and O–H groups in total. The number of benzene rings is 1. The molecule has 4 nitrogen and oxygen atoms in total. The van der Waals surface area contributed by atoms with Gasteiger partial charge in [-0.05, 0) is 49.6 Å². The second-order valence-corrected chi connectivity index (χ2v) is 7.18. The van der Waals surface area contributed by atoms with Crippen LogP contribution in [-0.4, -0.2) is 48.1 Å². The minimum Gasteiger partial charge on any atom is -0.399 e. The molecule has 2 heterocycles. The molecule has 0 spiro atoms. The summed E-state index contributed by atoms with van der Waals surface area (Å²) in [6.07, 6.45) is 1.94. The number of hydrogen-bond donors (Lipinski definition) is 1. The van der Waals surface area contributed by atoms with Crippen molar-refractivity contribution in [3.8, 4) is 0 Å². The predicted octanol–water partition coefficient (Wildman–Crippen LogP) is 4.00. The van der Waals surface area contributed by atoms with E-state index in [1.54, 1.807) is 7.11 Å². The van der Waals surface area contributed by atoms with Crippen LogP contribution in [0, 0.1) is 0 Å². The number of aliphatic hydroxyl groups is 1. The molecule has 0 amide bonds. The zero-order valence-corrected chi connectivity index (χ0v) is 15.6. The minimum atomic E-state index is -0.399. The number of halogens is 2. The van der Waals surface area contributed by atoms with E-state index in [2.05, 4.69) is 17.1 Å². The van der Waals surface area contributed by atoms with E-state index >= 15 is 0 Å². The van der Waals surface area contributed by atoms with E-state index in [1.165, 1.54) is 5.57 Å². The van der Waals surface area contributed by atoms with Crippen molar-refractivity contribution in [3.05, 3.63) is 39.4 Å². The molecule has 0 aromatic heterocycles. The molecule has 1 aromatic carbocycles. The molecular formula is C18H22Cl2N2O2. The quantitative estimate of drug-likeness (QED) is 0.645. The third kappa shape index (κ3) is 2.97. The normalized spacial score (nSPS) is 27.8. The second kappa shape index (κ2) is 7.04. The molecule has 0 saturated carbocycles. The fourth-order valence-electron chi connectivity index (χ4n) is 3.94. The van der Waals surface area contributed by atoms with Gasteiger partial charge in [0.05, 0.1) is 27.9 Å². The van der Waals surface area contributed by atoms with Crippen LogP contribution in [-0.2, 0) is 4.84 Å². The van der Waals surface area contributed by atoms with Crippen LogP contribution >= 0.6 is 23.2 Å². The van der Waals surface area contributed by atoms with E-state index in [9.17, 15) is 5.11 Å². The molecule has 1 saturated heterocycles. The molecule has 6 heteroatoms. The van der Waals surface area contributed by atoms with Crippen molar-refractivity contribution >= 4 is 34.5 Å². The first kappa shape index (κ1) is 17.7. The van der Waals surface area contributed by atoms with Gasteiger partial charge in [-0.15, -0.1) is 0 Å². The number of likely N-dealkylation sites (N-methyl/N-ethyl adjacent to an activating group) is 1. The van der Waals surface area contributed by atoms with Gasteiger partial charge in [-0.25, -0.2) is 0 Å². The van der Waals surface area contributed by atoms with Gasteiger partial charge in [0.1, 0.15) is 7.11 Å². The van der Waals surface area contributed by atoms with Gasteiger partial charge >= 0.3 is 0 Å². The van der Waals surface area contributed by atoms with Crippen LogP contribution in [0.15, 0.2) is 28.9 Å². The second-order valence-electron chi connectivity index (χ2n) is 6.37. The molecule has 0 aliphatic carbocycles. The van der Waals surface area contributed by atoms with Crippen molar-refractivity contribution in [1.29, 1.82) is 0 Å². The fraction of sp³-hybridized carbons (Fsp3) is 0.500. The molecule has 3 atom stereocenters. The van der Waals surface area contributed by atoms with Crippen molar-refractivity contribution in [1.82, 2.24) is 4.90 Å². The standard InChI is InChI=1S/C18H22Cl2N2O2/c1-4-15(21-24-3)17-12(10-5-6-13(19)14(20)7-10)8-11-9-16(23)18(17)22(11)2/h5-7,11,16,18,23H,4,8-9H2,1-3H3/t11?,16?,18-/m0/s1. The van der Waals surface area contributed by atoms with E-state index in [0.717, 1.165) is 36.1 Å². The highest BCUT2D eigenvalue weighted by atomic mass is 35.5. The molecule has 3 rings (SSSR count). The number of aliphatic hydroxyl groups excluding tert-OH is 1. The van der Waals surface area contributed by atoms with E-state index in [-0.39, 0.29) is 6.04 Å². The average Bonchev–Trinajstić information content (AvgIpc) is 2.74. The monoisotopic (exact) mass is 368 g/mol. The molecule has 2 aliphatic heterocycles. The van der Waals surface area contributed by atoms with Crippen molar-refractivity contribution in [3.63, 3.8) is 0 Å². The number of rotatable bonds is 4. The molecule has 2 unspecified atom stereocenters. The lowest BCUT2D eigenvalue weighted by molar-refractivity contribution is 0.143. The number of fused-ring (bicyclic) bond motifs is 2. The predicted molar refractivity (Wildman–Crippen MR) is 98.7 cm³/mol. The Labute approximate surface area is 152 Å². The van der Waals surface area contributed by atoms with E-state index < -0.39 is 6.10 Å². The minimum absolute atomic E-state index is 0.0675. The van der Waals surface area contributed by atoms with E-state index in [1.807, 2.05) is 25.1 Å². The van der Waals surface area contributed by atoms with Crippen LogP contribution in [0.4, 0.5) is 0 Å². The fourth-order valence-corrected chi connectivity index (χ4v) is 4.23. The van der Waals surface area contributed by atoms with Gasteiger partial charge in [0, 0.05) is 11.6 Å². The van der Waals surface area contributed by atoms with Crippen LogP contribution in [0.1, 0.15) is 31.7 Å². The van der Waals surface area contributed by atoms with Crippen LogP contribution in [0.5, 0.6) is 0 Å². The number of nitrogens with zero attached hydrogens (tertiary/aromatic N) is 2. The lowest BCUT2D eigenvalue weighted by Crippen LogP contribution is -2.43. The Kier molecular flexibility index (Phi) is 5.21. The maximum Gasteiger partial charge on any atom is 0.106 e. The Hall–Kier alpha value is -1.07. The molecule has 130 valence electrons. The summed E-state index contributed by atoms with van der Waals surface area (Å²) in [4.78, 5) is 7.31. The maximum absolute atomic E-state index is 10.6. The summed E-state index contributed by atoms with van der Waals surface area (Å²) < 4.78 is 0. The SMILES string of the molecule is CCC(=NOC)C1=C(c2ccc(Cl)c(Cl)c2)CC2CC(O)[C@@H]1N2C. The Balaban J connectivity index is 2.19. The molecule has 1 fully saturated rings. The summed E-state index contributed by atoms with van der Waals surface area (Å²) in [7, 11) is 3.62. The molecule has 2 aliphatic rings. The van der Waals surface area contributed by atoms with Crippen LogP contribution in [0.2, 0.25) is 10.0 Å². The Morgan fingerprint density at radius 3 is 2.75 bits per heavy atom. The first-order valence-electron chi connectivity index (χ1n) is 8.16. The third-order valence-corrected chi connectivity index (χ3v) is 5.81. The number of oxime groups is 1. The summed E-state index contributed by atoms with van der Waals surface area (Å²) in [5.41, 5.74) is 4.14. The highest BCUT2D eigenvalue weighted by molar-refractivity contribution is 6.42. The zero-order chi connectivity index (χ0) is 17.4. The van der Waals surface area contributed by atoms with Crippen molar-refractivity contribution in [2.75, 3.05) is 14.2 Å². The third-order valence-electron chi connectivity index (χ3n) is 5.07. The Morgan fingerprint density at radius 1 is 1.38 bits per heavy atom. The summed E-state index contributed by atoms with van der Waals surface area (Å²) in [6, 6.07) is 5.96. The van der Waals surface area contributed by atoms with Crippen molar-refractivity contribution in [2.45, 2.75) is 44.4 Å². The first-order chi connectivity index (χ1) is 11.5. The summed E-state index contributed by atoms with van der Waals surface area (Å²) in [5, 5.41) is 15.9. The summed E-state index contributed by atoms with van der Waals surface area (Å²) in [5.74, 6) is 0. The van der Waals surface area contributed by atoms with Crippen molar-refractivity contribution < 1.29 is 9.94 Å². The Bertz CT molecular complexity index is 702. The van der Waals surface area contributed by atoms with Crippen molar-refractivity contribution in [2.24, 2.45) is 5.16 Å². The van der Waals surface area contributed by atoms with E-state index in [4.69, 9.17) is 28.0 Å². The van der Waals surface area contributed by atoms with Gasteiger partial charge in [0.25, 0.3) is 0 Å². The largest absolute Gasteiger partial charge is 0.399 e. The molecule has 2 bridgehead atoms. The van der Waals surface area contributed by atoms with Gasteiger partial charge in [-0.3, -0.25) is 4.90 Å². The smallest absolute Gasteiger partial charge is 0.106 e. The highest BCUT2D eigenvalue weighted by Crippen LogP contribution is 2.44. The summed E-state index contributed by atoms with van der Waals surface area (Å²) in [6.45, 7) is 2.05. The van der Waals surface area contributed by atoms with Crippen LogP contribution in [0.3, 0.4) is 0 Å². The van der Waals surface area contributed by atoms with Gasteiger partial charge in [-0.1, -0.05) is 41.3 Å².